The first kappa shape index (κ1) is 12.1. The zero-order chi connectivity index (χ0) is 11.6. The van der Waals surface area contributed by atoms with Gasteiger partial charge in [0.1, 0.15) is 5.70 Å². The molecule has 86 valence electrons. The number of alkyl halides is 3. The fourth-order valence-corrected chi connectivity index (χ4v) is 1.43. The Kier molecular flexibility index (Phi) is 3.42. The van der Waals surface area contributed by atoms with E-state index in [2.05, 4.69) is 4.99 Å². The highest BCUT2D eigenvalue weighted by Gasteiger charge is 2.37. The first-order valence-corrected chi connectivity index (χ1v) is 4.95. The summed E-state index contributed by atoms with van der Waals surface area (Å²) in [6.45, 7) is 5.91. The lowest BCUT2D eigenvalue weighted by Gasteiger charge is -2.29. The highest BCUT2D eigenvalue weighted by molar-refractivity contribution is 5.60. The van der Waals surface area contributed by atoms with E-state index in [1.165, 1.54) is 6.34 Å². The normalized spacial score (nSPS) is 17.9. The van der Waals surface area contributed by atoms with Crippen molar-refractivity contribution in [2.45, 2.75) is 39.4 Å². The monoisotopic (exact) mass is 220 g/mol. The van der Waals surface area contributed by atoms with Gasteiger partial charge in [-0.3, -0.25) is 0 Å². The number of aliphatic imine (C=N–C) groups is 1. The maximum Gasteiger partial charge on any atom is 0.433 e. The number of rotatable bonds is 2. The first-order valence-electron chi connectivity index (χ1n) is 4.95. The van der Waals surface area contributed by atoms with Gasteiger partial charge in [-0.05, 0) is 25.8 Å². The van der Waals surface area contributed by atoms with Crippen molar-refractivity contribution < 1.29 is 13.2 Å². The largest absolute Gasteiger partial charge is 0.433 e. The second-order valence-electron chi connectivity index (χ2n) is 3.81. The maximum absolute atomic E-state index is 12.5. The predicted octanol–water partition coefficient (Wildman–Crippen LogP) is 2.97. The average molecular weight is 220 g/mol. The van der Waals surface area contributed by atoms with Crippen molar-refractivity contribution in [2.75, 3.05) is 6.54 Å². The van der Waals surface area contributed by atoms with Gasteiger partial charge in [-0.25, -0.2) is 4.99 Å². The lowest BCUT2D eigenvalue weighted by molar-refractivity contribution is -0.0939. The number of hydrogen-bond donors (Lipinski definition) is 0. The van der Waals surface area contributed by atoms with Crippen molar-refractivity contribution in [3.63, 3.8) is 0 Å². The Morgan fingerprint density at radius 3 is 2.47 bits per heavy atom. The summed E-state index contributed by atoms with van der Waals surface area (Å²) in [5.41, 5.74) is -0.361. The second kappa shape index (κ2) is 4.24. The highest BCUT2D eigenvalue weighted by Crippen LogP contribution is 2.32. The lowest BCUT2D eigenvalue weighted by Crippen LogP contribution is -2.35. The molecule has 0 saturated carbocycles. The smallest absolute Gasteiger partial charge is 0.356 e. The summed E-state index contributed by atoms with van der Waals surface area (Å²) in [7, 11) is 0. The van der Waals surface area contributed by atoms with E-state index in [0.29, 0.717) is 18.5 Å². The summed E-state index contributed by atoms with van der Waals surface area (Å²) in [6, 6.07) is 0.171. The summed E-state index contributed by atoms with van der Waals surface area (Å²) >= 11 is 0. The van der Waals surface area contributed by atoms with Gasteiger partial charge < -0.3 is 4.90 Å². The minimum Gasteiger partial charge on any atom is -0.356 e. The van der Waals surface area contributed by atoms with Crippen LogP contribution >= 0.6 is 0 Å². The Bertz CT molecular complexity index is 290. The minimum atomic E-state index is -4.33. The third-order valence-electron chi connectivity index (χ3n) is 2.40. The summed E-state index contributed by atoms with van der Waals surface area (Å²) in [4.78, 5) is 5.31. The topological polar surface area (TPSA) is 15.6 Å². The van der Waals surface area contributed by atoms with Crippen LogP contribution < -0.4 is 0 Å². The van der Waals surface area contributed by atoms with Gasteiger partial charge in [0.05, 0.1) is 6.34 Å². The van der Waals surface area contributed by atoms with Crippen LogP contribution in [0.15, 0.2) is 16.3 Å². The SMILES string of the molecule is CCC1=C(C(F)(F)F)N=CN(C(C)C)C1. The second-order valence-corrected chi connectivity index (χ2v) is 3.81. The van der Waals surface area contributed by atoms with Crippen LogP contribution in [-0.2, 0) is 0 Å². The molecule has 0 aromatic carbocycles. The van der Waals surface area contributed by atoms with Gasteiger partial charge in [0.25, 0.3) is 0 Å². The standard InChI is InChI=1S/C10H15F3N2/c1-4-8-5-15(7(2)3)6-14-9(8)10(11,12)13/h6-7H,4-5H2,1-3H3. The quantitative estimate of drug-likeness (QED) is 0.698. The Hall–Kier alpha value is -1.00. The van der Waals surface area contributed by atoms with Gasteiger partial charge in [-0.15, -0.1) is 0 Å². The van der Waals surface area contributed by atoms with Gasteiger partial charge in [0.2, 0.25) is 0 Å². The van der Waals surface area contributed by atoms with Crippen LogP contribution in [0.4, 0.5) is 13.2 Å². The van der Waals surface area contributed by atoms with Gasteiger partial charge in [0, 0.05) is 12.6 Å². The van der Waals surface area contributed by atoms with Crippen molar-refractivity contribution in [1.82, 2.24) is 4.90 Å². The Labute approximate surface area is 87.5 Å². The molecule has 0 atom stereocenters. The average Bonchev–Trinajstić information content (AvgIpc) is 2.15. The summed E-state index contributed by atoms with van der Waals surface area (Å²) in [5, 5.41) is 0. The maximum atomic E-state index is 12.5. The Balaban J connectivity index is 2.94. The summed E-state index contributed by atoms with van der Waals surface area (Å²) < 4.78 is 37.5. The lowest BCUT2D eigenvalue weighted by atomic mass is 10.1. The van der Waals surface area contributed by atoms with E-state index >= 15 is 0 Å². The number of allylic oxidation sites excluding steroid dienone is 1. The van der Waals surface area contributed by atoms with E-state index in [0.717, 1.165) is 0 Å². The first-order chi connectivity index (χ1) is 6.86. The molecule has 1 heterocycles. The van der Waals surface area contributed by atoms with Crippen LogP contribution in [0, 0.1) is 0 Å². The Morgan fingerprint density at radius 2 is 2.07 bits per heavy atom. The molecule has 0 N–H and O–H groups in total. The predicted molar refractivity (Wildman–Crippen MR) is 53.7 cm³/mol. The van der Waals surface area contributed by atoms with E-state index < -0.39 is 11.9 Å². The fraction of sp³-hybridized carbons (Fsp3) is 0.700. The van der Waals surface area contributed by atoms with E-state index in [-0.39, 0.29) is 6.04 Å². The number of halogens is 3. The molecule has 0 aromatic rings. The van der Waals surface area contributed by atoms with E-state index in [4.69, 9.17) is 0 Å². The molecule has 1 aliphatic heterocycles. The van der Waals surface area contributed by atoms with E-state index in [1.54, 1.807) is 11.8 Å². The van der Waals surface area contributed by atoms with Gasteiger partial charge in [0.15, 0.2) is 0 Å². The van der Waals surface area contributed by atoms with Crippen molar-refractivity contribution in [2.24, 2.45) is 4.99 Å². The molecule has 0 fully saturated rings. The van der Waals surface area contributed by atoms with Crippen LogP contribution in [0.1, 0.15) is 27.2 Å². The number of nitrogens with zero attached hydrogens (tertiary/aromatic N) is 2. The molecular formula is C10H15F3N2. The van der Waals surface area contributed by atoms with Crippen molar-refractivity contribution in [3.05, 3.63) is 11.3 Å². The molecule has 1 aliphatic rings. The molecule has 0 radical (unpaired) electrons. The highest BCUT2D eigenvalue weighted by atomic mass is 19.4. The van der Waals surface area contributed by atoms with E-state index in [1.807, 2.05) is 13.8 Å². The van der Waals surface area contributed by atoms with Crippen LogP contribution in [-0.4, -0.2) is 30.0 Å². The molecule has 0 unspecified atom stereocenters. The molecule has 5 heteroatoms. The molecule has 0 bridgehead atoms. The van der Waals surface area contributed by atoms with Crippen molar-refractivity contribution >= 4 is 6.34 Å². The summed E-state index contributed by atoms with van der Waals surface area (Å²) in [6.07, 6.45) is -2.66. The summed E-state index contributed by atoms with van der Waals surface area (Å²) in [5.74, 6) is 0. The third-order valence-corrected chi connectivity index (χ3v) is 2.40. The molecule has 1 rings (SSSR count). The molecule has 2 nitrogen and oxygen atoms in total. The number of hydrogen-bond acceptors (Lipinski definition) is 2. The van der Waals surface area contributed by atoms with Crippen LogP contribution in [0.2, 0.25) is 0 Å². The fourth-order valence-electron chi connectivity index (χ4n) is 1.43. The van der Waals surface area contributed by atoms with Crippen LogP contribution in [0.25, 0.3) is 0 Å². The Morgan fingerprint density at radius 1 is 1.47 bits per heavy atom. The molecule has 0 spiro atoms. The third kappa shape index (κ3) is 2.73. The van der Waals surface area contributed by atoms with Crippen molar-refractivity contribution in [1.29, 1.82) is 0 Å². The van der Waals surface area contributed by atoms with Gasteiger partial charge in [-0.1, -0.05) is 6.92 Å². The molecule has 0 saturated heterocycles. The van der Waals surface area contributed by atoms with Gasteiger partial charge in [-0.2, -0.15) is 13.2 Å². The molecule has 0 aromatic heterocycles. The molecule has 15 heavy (non-hydrogen) atoms. The van der Waals surface area contributed by atoms with Crippen molar-refractivity contribution in [3.8, 4) is 0 Å². The zero-order valence-corrected chi connectivity index (χ0v) is 9.10. The van der Waals surface area contributed by atoms with Gasteiger partial charge >= 0.3 is 6.18 Å². The van der Waals surface area contributed by atoms with E-state index in [9.17, 15) is 13.2 Å². The minimum absolute atomic E-state index is 0.171. The molecular weight excluding hydrogens is 205 g/mol. The molecule has 0 aliphatic carbocycles. The zero-order valence-electron chi connectivity index (χ0n) is 9.10. The van der Waals surface area contributed by atoms with Crippen LogP contribution in [0.5, 0.6) is 0 Å². The van der Waals surface area contributed by atoms with Crippen LogP contribution in [0.3, 0.4) is 0 Å². The molecule has 0 amide bonds.